The van der Waals surface area contributed by atoms with Crippen molar-refractivity contribution in [3.05, 3.63) is 35.8 Å². The van der Waals surface area contributed by atoms with Crippen molar-refractivity contribution in [1.29, 1.82) is 0 Å². The van der Waals surface area contributed by atoms with Crippen molar-refractivity contribution in [2.45, 2.75) is 57.8 Å². The van der Waals surface area contributed by atoms with Crippen LogP contribution in [0.25, 0.3) is 5.65 Å². The predicted octanol–water partition coefficient (Wildman–Crippen LogP) is 4.37. The molecular formula is C23H36N4. The molecule has 2 aromatic rings. The summed E-state index contributed by atoms with van der Waals surface area (Å²) in [5.74, 6) is 2.23. The van der Waals surface area contributed by atoms with Gasteiger partial charge in [-0.15, -0.1) is 0 Å². The molecule has 4 heterocycles. The van der Waals surface area contributed by atoms with E-state index < -0.39 is 0 Å². The number of rotatable bonds is 5. The first kappa shape index (κ1) is 18.9. The molecular weight excluding hydrogens is 332 g/mol. The van der Waals surface area contributed by atoms with Crippen molar-refractivity contribution in [1.82, 2.24) is 19.2 Å². The van der Waals surface area contributed by atoms with Crippen LogP contribution in [0.3, 0.4) is 0 Å². The van der Waals surface area contributed by atoms with Crippen LogP contribution in [0.4, 0.5) is 0 Å². The van der Waals surface area contributed by atoms with E-state index in [2.05, 4.69) is 58.5 Å². The summed E-state index contributed by atoms with van der Waals surface area (Å²) in [6.07, 6.45) is 12.9. The van der Waals surface area contributed by atoms with Gasteiger partial charge in [0.05, 0.1) is 0 Å². The molecule has 0 aromatic carbocycles. The van der Waals surface area contributed by atoms with E-state index in [1.54, 1.807) is 5.56 Å². The number of imidazole rings is 1. The van der Waals surface area contributed by atoms with Gasteiger partial charge in [-0.3, -0.25) is 0 Å². The van der Waals surface area contributed by atoms with Gasteiger partial charge in [0, 0.05) is 25.1 Å². The van der Waals surface area contributed by atoms with E-state index in [-0.39, 0.29) is 0 Å². The number of likely N-dealkylation sites (tertiary alicyclic amines) is 2. The number of nitrogens with zero attached hydrogens (tertiary/aromatic N) is 4. The summed E-state index contributed by atoms with van der Waals surface area (Å²) in [5.41, 5.74) is 4.20. The molecule has 0 N–H and O–H groups in total. The number of hydrogen-bond acceptors (Lipinski definition) is 3. The van der Waals surface area contributed by atoms with Crippen molar-refractivity contribution >= 4 is 5.65 Å². The molecule has 0 amide bonds. The van der Waals surface area contributed by atoms with Gasteiger partial charge in [0.15, 0.2) is 0 Å². The minimum absolute atomic E-state index is 0.610. The Labute approximate surface area is 164 Å². The molecule has 1 atom stereocenters. The Kier molecular flexibility index (Phi) is 5.84. The first-order valence-electron chi connectivity index (χ1n) is 11.0. The highest BCUT2D eigenvalue weighted by molar-refractivity contribution is 5.47. The van der Waals surface area contributed by atoms with E-state index in [0.29, 0.717) is 11.8 Å². The van der Waals surface area contributed by atoms with Gasteiger partial charge >= 0.3 is 0 Å². The van der Waals surface area contributed by atoms with Gasteiger partial charge < -0.3 is 14.2 Å². The van der Waals surface area contributed by atoms with Crippen molar-refractivity contribution < 1.29 is 0 Å². The normalized spacial score (nSPS) is 22.5. The predicted molar refractivity (Wildman–Crippen MR) is 113 cm³/mol. The lowest BCUT2D eigenvalue weighted by atomic mass is 9.83. The van der Waals surface area contributed by atoms with Gasteiger partial charge in [0.2, 0.25) is 0 Å². The van der Waals surface area contributed by atoms with E-state index in [0.717, 1.165) is 11.6 Å². The van der Waals surface area contributed by atoms with Crippen LogP contribution in [0.1, 0.15) is 68.9 Å². The Morgan fingerprint density at radius 3 is 2.56 bits per heavy atom. The van der Waals surface area contributed by atoms with Crippen LogP contribution < -0.4 is 0 Å². The van der Waals surface area contributed by atoms with Crippen molar-refractivity contribution in [3.8, 4) is 0 Å². The zero-order valence-corrected chi connectivity index (χ0v) is 17.4. The minimum Gasteiger partial charge on any atom is -0.307 e. The van der Waals surface area contributed by atoms with Gasteiger partial charge in [0.1, 0.15) is 5.65 Å². The number of aromatic nitrogens is 2. The molecule has 2 aliphatic rings. The van der Waals surface area contributed by atoms with Crippen LogP contribution >= 0.6 is 0 Å². The molecule has 0 spiro atoms. The highest BCUT2D eigenvalue weighted by Crippen LogP contribution is 2.35. The van der Waals surface area contributed by atoms with E-state index >= 15 is 0 Å². The highest BCUT2D eigenvalue weighted by Gasteiger charge is 2.26. The van der Waals surface area contributed by atoms with Crippen molar-refractivity contribution in [2.24, 2.45) is 5.92 Å². The van der Waals surface area contributed by atoms with Gasteiger partial charge in [-0.05, 0) is 100 Å². The number of piperidine rings is 2. The Morgan fingerprint density at radius 2 is 1.85 bits per heavy atom. The van der Waals surface area contributed by atoms with Gasteiger partial charge in [-0.2, -0.15) is 0 Å². The Bertz CT molecular complexity index is 736. The lowest BCUT2D eigenvalue weighted by Crippen LogP contribution is -2.40. The fraction of sp³-hybridized carbons (Fsp3) is 0.696. The third-order valence-corrected chi connectivity index (χ3v) is 7.12. The first-order chi connectivity index (χ1) is 13.1. The van der Waals surface area contributed by atoms with Crippen LogP contribution in [0.2, 0.25) is 0 Å². The number of hydrogen-bond donors (Lipinski definition) is 0. The Morgan fingerprint density at radius 1 is 1.11 bits per heavy atom. The largest absolute Gasteiger partial charge is 0.307 e. The summed E-state index contributed by atoms with van der Waals surface area (Å²) in [6.45, 7) is 11.1. The minimum atomic E-state index is 0.610. The Hall–Kier alpha value is -1.39. The molecule has 0 saturated carbocycles. The second-order valence-corrected chi connectivity index (χ2v) is 9.01. The maximum atomic E-state index is 4.52. The molecule has 27 heavy (non-hydrogen) atoms. The van der Waals surface area contributed by atoms with Gasteiger partial charge in [0.25, 0.3) is 0 Å². The molecule has 2 aromatic heterocycles. The second-order valence-electron chi connectivity index (χ2n) is 9.01. The highest BCUT2D eigenvalue weighted by atomic mass is 15.1. The molecule has 0 bridgehead atoms. The van der Waals surface area contributed by atoms with Crippen LogP contribution in [-0.2, 0) is 0 Å². The quantitative estimate of drug-likeness (QED) is 0.783. The summed E-state index contributed by atoms with van der Waals surface area (Å²) in [6, 6.07) is 2.34. The standard InChI is InChI=1S/C23H36N4/c1-4-18(2)21-15-23-24-9-14-27(23)17-22(21)20-7-12-26(13-8-20)16-19-5-10-25(3)11-6-19/h9,14-15,17-20H,4-8,10-13,16H2,1-3H3. The molecule has 2 saturated heterocycles. The third kappa shape index (κ3) is 4.22. The maximum Gasteiger partial charge on any atom is 0.136 e. The van der Waals surface area contributed by atoms with Crippen LogP contribution in [0.15, 0.2) is 24.7 Å². The summed E-state index contributed by atoms with van der Waals surface area (Å²) in [4.78, 5) is 9.73. The average Bonchev–Trinajstić information content (AvgIpc) is 3.16. The van der Waals surface area contributed by atoms with Crippen LogP contribution in [0.5, 0.6) is 0 Å². The number of fused-ring (bicyclic) bond motifs is 1. The fourth-order valence-electron chi connectivity index (χ4n) is 5.02. The maximum absolute atomic E-state index is 4.52. The smallest absolute Gasteiger partial charge is 0.136 e. The fourth-order valence-corrected chi connectivity index (χ4v) is 5.02. The topological polar surface area (TPSA) is 23.8 Å². The van der Waals surface area contributed by atoms with Crippen molar-refractivity contribution in [3.63, 3.8) is 0 Å². The van der Waals surface area contributed by atoms with E-state index in [1.165, 1.54) is 70.4 Å². The zero-order valence-electron chi connectivity index (χ0n) is 17.4. The SMILES string of the molecule is CCC(C)c1cc2nccn2cc1C1CCN(CC2CCN(C)CC2)CC1. The van der Waals surface area contributed by atoms with E-state index in [4.69, 9.17) is 0 Å². The monoisotopic (exact) mass is 368 g/mol. The first-order valence-corrected chi connectivity index (χ1v) is 11.0. The zero-order chi connectivity index (χ0) is 18.8. The molecule has 0 aliphatic carbocycles. The average molecular weight is 369 g/mol. The summed E-state index contributed by atoms with van der Waals surface area (Å²) >= 11 is 0. The summed E-state index contributed by atoms with van der Waals surface area (Å²) in [5, 5.41) is 0. The molecule has 4 heteroatoms. The van der Waals surface area contributed by atoms with Crippen LogP contribution in [-0.4, -0.2) is 59.0 Å². The van der Waals surface area contributed by atoms with E-state index in [9.17, 15) is 0 Å². The summed E-state index contributed by atoms with van der Waals surface area (Å²) < 4.78 is 2.21. The number of pyridine rings is 1. The lowest BCUT2D eigenvalue weighted by Gasteiger charge is -2.37. The molecule has 4 nitrogen and oxygen atoms in total. The lowest BCUT2D eigenvalue weighted by molar-refractivity contribution is 0.139. The van der Waals surface area contributed by atoms with E-state index in [1.807, 2.05) is 6.20 Å². The van der Waals surface area contributed by atoms with Gasteiger partial charge in [-0.1, -0.05) is 13.8 Å². The van der Waals surface area contributed by atoms with Crippen LogP contribution in [0, 0.1) is 5.92 Å². The second kappa shape index (κ2) is 8.32. The Balaban J connectivity index is 1.43. The molecule has 2 fully saturated rings. The summed E-state index contributed by atoms with van der Waals surface area (Å²) in [7, 11) is 2.26. The molecule has 1 unspecified atom stereocenters. The molecule has 0 radical (unpaired) electrons. The van der Waals surface area contributed by atoms with Gasteiger partial charge in [-0.25, -0.2) is 4.98 Å². The third-order valence-electron chi connectivity index (χ3n) is 7.12. The molecule has 2 aliphatic heterocycles. The molecule has 148 valence electrons. The van der Waals surface area contributed by atoms with Crippen molar-refractivity contribution in [2.75, 3.05) is 39.8 Å². The molecule has 4 rings (SSSR count).